The van der Waals surface area contributed by atoms with Crippen LogP contribution in [0.3, 0.4) is 0 Å². The van der Waals surface area contributed by atoms with E-state index in [2.05, 4.69) is 15.8 Å². The van der Waals surface area contributed by atoms with Gasteiger partial charge < -0.3 is 10.0 Å². The summed E-state index contributed by atoms with van der Waals surface area (Å²) in [6.45, 7) is 0.233. The standard InChI is InChI=1S/C19H22N6O5/c26-11-16-20-8-9-23(16)18(28)22-21-17(27)15-7-6-14-10-24(15)19(29)25(14)30-12-13-4-2-1-3-5-13/h1-5,8-9,14-15,26H,6-7,10-12H2,(H,21,27)(H,22,28)/t14-,15+/m1/s1. The van der Waals surface area contributed by atoms with Crippen LogP contribution in [0.25, 0.3) is 0 Å². The summed E-state index contributed by atoms with van der Waals surface area (Å²) in [5.41, 5.74) is 5.57. The quantitative estimate of drug-likeness (QED) is 0.606. The molecule has 11 nitrogen and oxygen atoms in total. The molecule has 4 amide bonds. The SMILES string of the molecule is O=C(NNC(=O)n1ccnc1CO)[C@@H]1CC[C@@H]2CN1C(=O)N2OCc1ccccc1. The normalized spacial score (nSPS) is 20.4. The summed E-state index contributed by atoms with van der Waals surface area (Å²) in [5.74, 6) is -0.353. The molecule has 2 fully saturated rings. The maximum Gasteiger partial charge on any atom is 0.345 e. The number of benzene rings is 1. The van der Waals surface area contributed by atoms with Crippen LogP contribution in [0.15, 0.2) is 42.7 Å². The number of amides is 4. The monoisotopic (exact) mass is 414 g/mol. The summed E-state index contributed by atoms with van der Waals surface area (Å²) < 4.78 is 1.08. The number of piperidine rings is 1. The van der Waals surface area contributed by atoms with Gasteiger partial charge >= 0.3 is 12.1 Å². The Morgan fingerprint density at radius 2 is 2.00 bits per heavy atom. The highest BCUT2D eigenvalue weighted by Gasteiger charge is 2.48. The zero-order valence-corrected chi connectivity index (χ0v) is 16.1. The maximum absolute atomic E-state index is 12.8. The van der Waals surface area contributed by atoms with Crippen LogP contribution in [-0.4, -0.2) is 61.2 Å². The second-order valence-electron chi connectivity index (χ2n) is 7.06. The van der Waals surface area contributed by atoms with Crippen molar-refractivity contribution < 1.29 is 24.3 Å². The molecule has 30 heavy (non-hydrogen) atoms. The van der Waals surface area contributed by atoms with Gasteiger partial charge in [-0.2, -0.15) is 5.06 Å². The van der Waals surface area contributed by atoms with E-state index in [-0.39, 0.29) is 24.5 Å². The fourth-order valence-corrected chi connectivity index (χ4v) is 3.68. The fraction of sp³-hybridized carbons (Fsp3) is 0.368. The molecule has 3 N–H and O–H groups in total. The molecular formula is C19H22N6O5. The number of hydrogen-bond donors (Lipinski definition) is 3. The number of aromatic nitrogens is 2. The number of hydroxylamine groups is 2. The van der Waals surface area contributed by atoms with E-state index in [9.17, 15) is 14.4 Å². The lowest BCUT2D eigenvalue weighted by molar-refractivity contribution is -0.140. The third-order valence-electron chi connectivity index (χ3n) is 5.21. The number of nitrogens with one attached hydrogen (secondary N) is 2. The van der Waals surface area contributed by atoms with Crippen molar-refractivity contribution in [3.05, 3.63) is 54.1 Å². The van der Waals surface area contributed by atoms with Gasteiger partial charge in [-0.3, -0.25) is 19.6 Å². The molecule has 2 aliphatic rings. The van der Waals surface area contributed by atoms with E-state index >= 15 is 0 Å². The van der Waals surface area contributed by atoms with Gasteiger partial charge in [-0.1, -0.05) is 30.3 Å². The Hall–Kier alpha value is -3.44. The van der Waals surface area contributed by atoms with Crippen LogP contribution in [0.2, 0.25) is 0 Å². The summed E-state index contributed by atoms with van der Waals surface area (Å²) in [6, 6.07) is 7.67. The number of rotatable bonds is 5. The van der Waals surface area contributed by atoms with Gasteiger partial charge in [0.15, 0.2) is 0 Å². The van der Waals surface area contributed by atoms with Crippen LogP contribution in [0, 0.1) is 0 Å². The molecule has 4 rings (SSSR count). The van der Waals surface area contributed by atoms with E-state index in [0.717, 1.165) is 10.1 Å². The number of aliphatic hydroxyl groups excluding tert-OH is 1. The molecule has 3 heterocycles. The molecule has 0 spiro atoms. The van der Waals surface area contributed by atoms with E-state index < -0.39 is 24.6 Å². The molecule has 11 heteroatoms. The minimum atomic E-state index is -0.709. The van der Waals surface area contributed by atoms with Crippen LogP contribution < -0.4 is 10.9 Å². The largest absolute Gasteiger partial charge is 0.388 e. The highest BCUT2D eigenvalue weighted by atomic mass is 16.7. The first-order valence-electron chi connectivity index (χ1n) is 9.58. The van der Waals surface area contributed by atoms with Gasteiger partial charge in [0.25, 0.3) is 5.91 Å². The highest BCUT2D eigenvalue weighted by Crippen LogP contribution is 2.30. The lowest BCUT2D eigenvalue weighted by atomic mass is 10.0. The van der Waals surface area contributed by atoms with Crippen LogP contribution in [0.1, 0.15) is 24.2 Å². The van der Waals surface area contributed by atoms with Crippen LogP contribution in [-0.2, 0) is 22.8 Å². The lowest BCUT2D eigenvalue weighted by Crippen LogP contribution is -2.54. The number of imidazole rings is 1. The number of hydrogen-bond acceptors (Lipinski definition) is 6. The van der Waals surface area contributed by atoms with Crippen molar-refractivity contribution >= 4 is 18.0 Å². The average molecular weight is 414 g/mol. The van der Waals surface area contributed by atoms with E-state index in [1.807, 2.05) is 30.3 Å². The molecule has 158 valence electrons. The van der Waals surface area contributed by atoms with E-state index in [4.69, 9.17) is 9.94 Å². The number of carbonyl (C=O) groups excluding carboxylic acids is 3. The van der Waals surface area contributed by atoms with E-state index in [1.165, 1.54) is 22.4 Å². The Kier molecular flexibility index (Phi) is 5.63. The van der Waals surface area contributed by atoms with Crippen molar-refractivity contribution in [1.82, 2.24) is 30.4 Å². The predicted molar refractivity (Wildman–Crippen MR) is 102 cm³/mol. The molecule has 1 aromatic heterocycles. The van der Waals surface area contributed by atoms with Crippen molar-refractivity contribution in [3.8, 4) is 0 Å². The molecular weight excluding hydrogens is 392 g/mol. The number of carbonyl (C=O) groups is 3. The molecule has 0 radical (unpaired) electrons. The second-order valence-corrected chi connectivity index (χ2v) is 7.06. The number of aliphatic hydroxyl groups is 1. The summed E-state index contributed by atoms with van der Waals surface area (Å²) in [4.78, 5) is 48.5. The van der Waals surface area contributed by atoms with Gasteiger partial charge in [-0.05, 0) is 18.4 Å². The van der Waals surface area contributed by atoms with Gasteiger partial charge in [0.2, 0.25) is 0 Å². The molecule has 2 atom stereocenters. The average Bonchev–Trinajstić information content (AvgIpc) is 3.35. The minimum Gasteiger partial charge on any atom is -0.388 e. The Balaban J connectivity index is 1.33. The number of hydrazine groups is 1. The summed E-state index contributed by atoms with van der Waals surface area (Å²) in [6.07, 6.45) is 3.79. The van der Waals surface area contributed by atoms with Crippen molar-refractivity contribution in [3.63, 3.8) is 0 Å². The Morgan fingerprint density at radius 1 is 1.20 bits per heavy atom. The Labute approximate surface area is 172 Å². The van der Waals surface area contributed by atoms with E-state index in [1.54, 1.807) is 0 Å². The van der Waals surface area contributed by atoms with Crippen molar-refractivity contribution in [2.24, 2.45) is 0 Å². The first-order valence-corrected chi connectivity index (χ1v) is 9.58. The molecule has 0 aliphatic carbocycles. The van der Waals surface area contributed by atoms with Gasteiger partial charge in [0, 0.05) is 18.9 Å². The third-order valence-corrected chi connectivity index (χ3v) is 5.21. The molecule has 2 bridgehead atoms. The van der Waals surface area contributed by atoms with Crippen LogP contribution in [0.5, 0.6) is 0 Å². The second kappa shape index (κ2) is 8.51. The maximum atomic E-state index is 12.8. The molecule has 1 aromatic carbocycles. The Morgan fingerprint density at radius 3 is 2.77 bits per heavy atom. The van der Waals surface area contributed by atoms with Gasteiger partial charge in [-0.25, -0.2) is 20.0 Å². The topological polar surface area (TPSA) is 129 Å². The molecule has 2 saturated heterocycles. The summed E-state index contributed by atoms with van der Waals surface area (Å²) >= 11 is 0. The zero-order valence-electron chi connectivity index (χ0n) is 16.1. The summed E-state index contributed by atoms with van der Waals surface area (Å²) in [7, 11) is 0. The number of fused-ring (bicyclic) bond motifs is 2. The fourth-order valence-electron chi connectivity index (χ4n) is 3.68. The van der Waals surface area contributed by atoms with Crippen LogP contribution >= 0.6 is 0 Å². The van der Waals surface area contributed by atoms with Crippen molar-refractivity contribution in [2.75, 3.05) is 6.54 Å². The first kappa shape index (κ1) is 19.9. The number of nitrogens with zero attached hydrogens (tertiary/aromatic N) is 4. The zero-order chi connectivity index (χ0) is 21.1. The molecule has 2 aliphatic heterocycles. The van der Waals surface area contributed by atoms with Gasteiger partial charge in [0.1, 0.15) is 25.1 Å². The van der Waals surface area contributed by atoms with E-state index in [0.29, 0.717) is 19.4 Å². The third kappa shape index (κ3) is 3.84. The minimum absolute atomic E-state index is 0.113. The van der Waals surface area contributed by atoms with Gasteiger partial charge in [-0.15, -0.1) is 0 Å². The molecule has 0 saturated carbocycles. The van der Waals surface area contributed by atoms with Gasteiger partial charge in [0.05, 0.1) is 6.04 Å². The van der Waals surface area contributed by atoms with Crippen molar-refractivity contribution in [2.45, 2.75) is 38.1 Å². The smallest absolute Gasteiger partial charge is 0.345 e. The van der Waals surface area contributed by atoms with Crippen LogP contribution in [0.4, 0.5) is 9.59 Å². The first-order chi connectivity index (χ1) is 14.6. The molecule has 2 aromatic rings. The lowest BCUT2D eigenvalue weighted by Gasteiger charge is -2.29. The predicted octanol–water partition coefficient (Wildman–Crippen LogP) is 0.365. The Bertz CT molecular complexity index is 933. The summed E-state index contributed by atoms with van der Waals surface area (Å²) in [5, 5.41) is 10.5. The van der Waals surface area contributed by atoms with Crippen molar-refractivity contribution in [1.29, 1.82) is 0 Å². The highest BCUT2D eigenvalue weighted by molar-refractivity contribution is 5.90. The molecule has 0 unspecified atom stereocenters. The number of urea groups is 1.